The van der Waals surface area contributed by atoms with Gasteiger partial charge in [-0.05, 0) is 24.5 Å². The van der Waals surface area contributed by atoms with E-state index in [0.717, 1.165) is 13.1 Å². The summed E-state index contributed by atoms with van der Waals surface area (Å²) in [5, 5.41) is 18.8. The minimum Gasteiger partial charge on any atom is -0.395 e. The van der Waals surface area contributed by atoms with Crippen LogP contribution in [0, 0.1) is 24.2 Å². The number of anilines is 1. The number of nitrogens with zero attached hydrogens (tertiary/aromatic N) is 5. The first-order valence-corrected chi connectivity index (χ1v) is 11.9. The standard InChI is InChI=1S/C22H29N5O3S2/c1-14(2)13-27-21(30)18(32-22(27)31)11-16-15(3)17(12-23)20(29)24(4)19(16)26-7-5-25(6-8-26)9-10-28/h11,14,28H,5-10,13H2,1-4H3. The van der Waals surface area contributed by atoms with E-state index in [4.69, 9.17) is 12.2 Å². The summed E-state index contributed by atoms with van der Waals surface area (Å²) in [7, 11) is 1.67. The Hall–Kier alpha value is -2.19. The number of thiocarbonyl (C=S) groups is 1. The van der Waals surface area contributed by atoms with Crippen molar-refractivity contribution in [3.05, 3.63) is 31.9 Å². The molecule has 2 aliphatic rings. The molecule has 1 amide bonds. The van der Waals surface area contributed by atoms with Crippen molar-refractivity contribution in [1.29, 1.82) is 5.26 Å². The molecule has 172 valence electrons. The number of hydrogen-bond donors (Lipinski definition) is 1. The molecule has 1 aromatic rings. The third-order valence-corrected chi connectivity index (χ3v) is 7.13. The Kier molecular flexibility index (Phi) is 7.77. The molecule has 0 aliphatic carbocycles. The Bertz CT molecular complexity index is 1050. The summed E-state index contributed by atoms with van der Waals surface area (Å²) in [5.41, 5.74) is 1.00. The fraction of sp³-hybridized carbons (Fsp3) is 0.545. The van der Waals surface area contributed by atoms with E-state index in [1.807, 2.05) is 19.9 Å². The predicted molar refractivity (Wildman–Crippen MR) is 132 cm³/mol. The zero-order chi connectivity index (χ0) is 23.6. The number of carbonyl (C=O) groups excluding carboxylic acids is 1. The zero-order valence-corrected chi connectivity index (χ0v) is 20.6. The first-order valence-electron chi connectivity index (χ1n) is 10.7. The summed E-state index contributed by atoms with van der Waals surface area (Å²) in [5.74, 6) is 0.843. The molecule has 0 unspecified atom stereocenters. The van der Waals surface area contributed by atoms with Gasteiger partial charge in [-0.3, -0.25) is 24.0 Å². The summed E-state index contributed by atoms with van der Waals surface area (Å²) in [6.07, 6.45) is 1.78. The van der Waals surface area contributed by atoms with Crippen LogP contribution in [0.3, 0.4) is 0 Å². The van der Waals surface area contributed by atoms with Crippen molar-refractivity contribution in [2.24, 2.45) is 13.0 Å². The molecule has 2 aliphatic heterocycles. The molecule has 2 fully saturated rings. The summed E-state index contributed by atoms with van der Waals surface area (Å²) in [4.78, 5) is 32.3. The van der Waals surface area contributed by atoms with Gasteiger partial charge < -0.3 is 10.0 Å². The molecule has 0 aromatic carbocycles. The van der Waals surface area contributed by atoms with E-state index >= 15 is 0 Å². The van der Waals surface area contributed by atoms with Gasteiger partial charge in [-0.25, -0.2) is 0 Å². The van der Waals surface area contributed by atoms with Gasteiger partial charge in [-0.1, -0.05) is 37.8 Å². The van der Waals surface area contributed by atoms with Crippen molar-refractivity contribution >= 4 is 46.1 Å². The molecule has 0 saturated carbocycles. The topological polar surface area (TPSA) is 92.8 Å². The summed E-state index contributed by atoms with van der Waals surface area (Å²) in [6, 6.07) is 2.03. The van der Waals surface area contributed by atoms with Gasteiger partial charge in [0.1, 0.15) is 21.8 Å². The molecular weight excluding hydrogens is 446 g/mol. The van der Waals surface area contributed by atoms with Gasteiger partial charge in [0.2, 0.25) is 0 Å². The van der Waals surface area contributed by atoms with Gasteiger partial charge in [-0.15, -0.1) is 0 Å². The molecule has 0 spiro atoms. The van der Waals surface area contributed by atoms with Gasteiger partial charge in [0, 0.05) is 51.9 Å². The fourth-order valence-corrected chi connectivity index (χ4v) is 5.33. The number of thioether (sulfide) groups is 1. The average molecular weight is 476 g/mol. The van der Waals surface area contributed by atoms with Crippen LogP contribution < -0.4 is 10.5 Å². The highest BCUT2D eigenvalue weighted by atomic mass is 32.2. The van der Waals surface area contributed by atoms with Gasteiger partial charge in [0.25, 0.3) is 11.5 Å². The highest BCUT2D eigenvalue weighted by Crippen LogP contribution is 2.36. The Balaban J connectivity index is 2.08. The van der Waals surface area contributed by atoms with Crippen molar-refractivity contribution < 1.29 is 9.90 Å². The largest absolute Gasteiger partial charge is 0.395 e. The molecule has 1 aromatic heterocycles. The molecule has 3 heterocycles. The second kappa shape index (κ2) is 10.2. The maximum absolute atomic E-state index is 13.0. The molecule has 0 atom stereocenters. The normalized spacial score (nSPS) is 18.8. The van der Waals surface area contributed by atoms with Crippen LogP contribution in [0.4, 0.5) is 5.82 Å². The molecule has 0 bridgehead atoms. The number of aliphatic hydroxyl groups excluding tert-OH is 1. The third kappa shape index (κ3) is 4.76. The van der Waals surface area contributed by atoms with Gasteiger partial charge in [0.05, 0.1) is 11.5 Å². The van der Waals surface area contributed by atoms with Crippen molar-refractivity contribution in [1.82, 2.24) is 14.4 Å². The zero-order valence-electron chi connectivity index (χ0n) is 18.9. The van der Waals surface area contributed by atoms with E-state index < -0.39 is 0 Å². The van der Waals surface area contributed by atoms with Crippen molar-refractivity contribution in [2.75, 3.05) is 50.8 Å². The molecule has 0 radical (unpaired) electrons. The van der Waals surface area contributed by atoms with Crippen LogP contribution in [-0.4, -0.2) is 75.6 Å². The average Bonchev–Trinajstić information content (AvgIpc) is 3.01. The Labute approximate surface area is 198 Å². The number of aromatic nitrogens is 1. The highest BCUT2D eigenvalue weighted by Gasteiger charge is 2.33. The third-order valence-electron chi connectivity index (χ3n) is 5.75. The summed E-state index contributed by atoms with van der Waals surface area (Å²) < 4.78 is 2.03. The van der Waals surface area contributed by atoms with Crippen LogP contribution >= 0.6 is 24.0 Å². The molecule has 10 heteroatoms. The second-order valence-corrected chi connectivity index (χ2v) is 10.1. The lowest BCUT2D eigenvalue weighted by Crippen LogP contribution is -2.49. The van der Waals surface area contributed by atoms with Crippen LogP contribution in [0.2, 0.25) is 0 Å². The van der Waals surface area contributed by atoms with Gasteiger partial charge in [0.15, 0.2) is 0 Å². The number of aliphatic hydroxyl groups is 1. The fourth-order valence-electron chi connectivity index (χ4n) is 4.07. The lowest BCUT2D eigenvalue weighted by atomic mass is 10.0. The summed E-state index contributed by atoms with van der Waals surface area (Å²) >= 11 is 6.69. The molecular formula is C22H29N5O3S2. The lowest BCUT2D eigenvalue weighted by molar-refractivity contribution is -0.122. The second-order valence-electron chi connectivity index (χ2n) is 8.45. The number of piperazine rings is 1. The van der Waals surface area contributed by atoms with Crippen LogP contribution in [0.15, 0.2) is 9.70 Å². The minimum atomic E-state index is -0.345. The monoisotopic (exact) mass is 475 g/mol. The molecule has 8 nitrogen and oxygen atoms in total. The SMILES string of the molecule is Cc1c(C=C2SC(=S)N(CC(C)C)C2=O)c(N2CCN(CCO)CC2)n(C)c(=O)c1C#N. The number of nitriles is 1. The van der Waals surface area contributed by atoms with Crippen molar-refractivity contribution in [2.45, 2.75) is 20.8 Å². The molecule has 1 N–H and O–H groups in total. The molecule has 2 saturated heterocycles. The van der Waals surface area contributed by atoms with E-state index in [1.165, 1.54) is 16.3 Å². The molecule has 3 rings (SSSR count). The van der Waals surface area contributed by atoms with Crippen molar-refractivity contribution in [3.8, 4) is 6.07 Å². The van der Waals surface area contributed by atoms with Crippen LogP contribution in [0.25, 0.3) is 6.08 Å². The maximum Gasteiger partial charge on any atom is 0.270 e. The Morgan fingerprint density at radius 3 is 2.47 bits per heavy atom. The number of amides is 1. The Morgan fingerprint density at radius 2 is 1.91 bits per heavy atom. The molecule has 32 heavy (non-hydrogen) atoms. The van der Waals surface area contributed by atoms with E-state index in [1.54, 1.807) is 24.9 Å². The van der Waals surface area contributed by atoms with Crippen LogP contribution in [-0.2, 0) is 11.8 Å². The number of carbonyl (C=O) groups is 1. The highest BCUT2D eigenvalue weighted by molar-refractivity contribution is 8.26. The van der Waals surface area contributed by atoms with E-state index in [0.29, 0.717) is 52.3 Å². The van der Waals surface area contributed by atoms with Crippen LogP contribution in [0.5, 0.6) is 0 Å². The van der Waals surface area contributed by atoms with E-state index in [9.17, 15) is 20.0 Å². The smallest absolute Gasteiger partial charge is 0.270 e. The van der Waals surface area contributed by atoms with Gasteiger partial charge >= 0.3 is 0 Å². The maximum atomic E-state index is 13.0. The number of β-amino-alcohol motifs (C(OH)–C–C–N with tert-alkyl or cyclic N) is 1. The predicted octanol–water partition coefficient (Wildman–Crippen LogP) is 1.54. The first kappa shape index (κ1) is 24.5. The number of rotatable bonds is 6. The van der Waals surface area contributed by atoms with Gasteiger partial charge in [-0.2, -0.15) is 5.26 Å². The van der Waals surface area contributed by atoms with Crippen molar-refractivity contribution in [3.63, 3.8) is 0 Å². The first-order chi connectivity index (χ1) is 15.2. The summed E-state index contributed by atoms with van der Waals surface area (Å²) in [6.45, 7) is 9.96. The van der Waals surface area contributed by atoms with E-state index in [-0.39, 0.29) is 29.6 Å². The Morgan fingerprint density at radius 1 is 1.25 bits per heavy atom. The number of hydrogen-bond acceptors (Lipinski definition) is 8. The van der Waals surface area contributed by atoms with Crippen LogP contribution in [0.1, 0.15) is 30.5 Å². The quantitative estimate of drug-likeness (QED) is 0.489. The number of pyridine rings is 1. The van der Waals surface area contributed by atoms with E-state index in [2.05, 4.69) is 9.80 Å². The minimum absolute atomic E-state index is 0.0825. The lowest BCUT2D eigenvalue weighted by Gasteiger charge is -2.37.